The molecule has 5 nitrogen and oxygen atoms in total. The van der Waals surface area contributed by atoms with Crippen molar-refractivity contribution < 1.29 is 24.1 Å². The molecule has 0 aliphatic carbocycles. The quantitative estimate of drug-likeness (QED) is 0.629. The van der Waals surface area contributed by atoms with Crippen molar-refractivity contribution in [2.75, 3.05) is 27.4 Å². The number of methoxy groups -OCH3 is 2. The first kappa shape index (κ1) is 15.9. The fourth-order valence-electron chi connectivity index (χ4n) is 2.10. The number of rotatable bonds is 7. The van der Waals surface area contributed by atoms with Crippen LogP contribution in [0.3, 0.4) is 0 Å². The van der Waals surface area contributed by atoms with E-state index in [-0.39, 0.29) is 17.1 Å². The molecule has 0 amide bonds. The molecule has 0 fully saturated rings. The van der Waals surface area contributed by atoms with Gasteiger partial charge in [-0.1, -0.05) is 18.2 Å². The third-order valence-corrected chi connectivity index (χ3v) is 3.19. The highest BCUT2D eigenvalue weighted by molar-refractivity contribution is 5.86. The highest BCUT2D eigenvalue weighted by atomic mass is 16.5. The zero-order valence-electron chi connectivity index (χ0n) is 12.5. The Kier molecular flexibility index (Phi) is 5.38. The Balaban J connectivity index is 2.45. The van der Waals surface area contributed by atoms with Gasteiger partial charge in [0.1, 0.15) is 12.4 Å². The maximum atomic E-state index is 11.1. The number of phenols is 1. The van der Waals surface area contributed by atoms with E-state index >= 15 is 0 Å². The molecule has 2 aromatic carbocycles. The molecule has 0 aromatic heterocycles. The number of carbonyl (C=O) groups excluding carboxylic acids is 1. The monoisotopic (exact) mass is 302 g/mol. The number of para-hydroxylation sites is 1. The Hall–Kier alpha value is -2.53. The third kappa shape index (κ3) is 3.38. The van der Waals surface area contributed by atoms with E-state index in [0.717, 1.165) is 11.1 Å². The topological polar surface area (TPSA) is 65.0 Å². The van der Waals surface area contributed by atoms with Crippen LogP contribution < -0.4 is 9.47 Å². The second-order valence-corrected chi connectivity index (χ2v) is 4.57. The summed E-state index contributed by atoms with van der Waals surface area (Å²) >= 11 is 0. The number of ether oxygens (including phenoxy) is 3. The second-order valence-electron chi connectivity index (χ2n) is 4.57. The molecule has 2 aromatic rings. The smallest absolute Gasteiger partial charge is 0.168 e. The number of hydrogen-bond acceptors (Lipinski definition) is 5. The zero-order chi connectivity index (χ0) is 15.9. The summed E-state index contributed by atoms with van der Waals surface area (Å²) in [5, 5.41) is 9.90. The van der Waals surface area contributed by atoms with Gasteiger partial charge in [0.15, 0.2) is 17.8 Å². The normalized spacial score (nSPS) is 10.3. The summed E-state index contributed by atoms with van der Waals surface area (Å²) in [6, 6.07) is 10.7. The van der Waals surface area contributed by atoms with E-state index in [2.05, 4.69) is 0 Å². The maximum Gasteiger partial charge on any atom is 0.168 e. The van der Waals surface area contributed by atoms with Crippen molar-refractivity contribution in [2.24, 2.45) is 0 Å². The minimum Gasteiger partial charge on any atom is -0.504 e. The molecule has 1 N–H and O–H groups in total. The van der Waals surface area contributed by atoms with Crippen LogP contribution in [-0.2, 0) is 4.74 Å². The molecule has 0 saturated carbocycles. The van der Waals surface area contributed by atoms with Gasteiger partial charge in [-0.15, -0.1) is 0 Å². The molecule has 2 rings (SSSR count). The molecular weight excluding hydrogens is 284 g/mol. The van der Waals surface area contributed by atoms with E-state index < -0.39 is 0 Å². The summed E-state index contributed by atoms with van der Waals surface area (Å²) < 4.78 is 15.8. The van der Waals surface area contributed by atoms with E-state index in [1.807, 2.05) is 24.3 Å². The molecule has 0 aliphatic rings. The molecule has 0 saturated heterocycles. The van der Waals surface area contributed by atoms with Gasteiger partial charge in [-0.3, -0.25) is 4.79 Å². The Morgan fingerprint density at radius 3 is 2.55 bits per heavy atom. The lowest BCUT2D eigenvalue weighted by molar-refractivity contribution is 0.112. The molecule has 116 valence electrons. The van der Waals surface area contributed by atoms with Crippen LogP contribution in [0.25, 0.3) is 11.1 Å². The summed E-state index contributed by atoms with van der Waals surface area (Å²) in [5.74, 6) is 0.745. The molecule has 0 spiro atoms. The molecule has 22 heavy (non-hydrogen) atoms. The van der Waals surface area contributed by atoms with Crippen LogP contribution in [-0.4, -0.2) is 38.8 Å². The van der Waals surface area contributed by atoms with Gasteiger partial charge in [0, 0.05) is 12.7 Å². The van der Waals surface area contributed by atoms with E-state index in [1.54, 1.807) is 19.2 Å². The average molecular weight is 302 g/mol. The van der Waals surface area contributed by atoms with Gasteiger partial charge >= 0.3 is 0 Å². The number of benzene rings is 2. The van der Waals surface area contributed by atoms with Crippen molar-refractivity contribution in [2.45, 2.75) is 0 Å². The van der Waals surface area contributed by atoms with Crippen molar-refractivity contribution in [1.82, 2.24) is 0 Å². The second kappa shape index (κ2) is 7.47. The van der Waals surface area contributed by atoms with E-state index in [4.69, 9.17) is 14.2 Å². The fourth-order valence-corrected chi connectivity index (χ4v) is 2.10. The Bertz CT molecular complexity index is 651. The number of hydrogen-bond donors (Lipinski definition) is 1. The number of aldehydes is 1. The van der Waals surface area contributed by atoms with E-state index in [1.165, 1.54) is 7.11 Å². The number of aromatic hydroxyl groups is 1. The molecule has 0 aliphatic heterocycles. The molecule has 5 heteroatoms. The van der Waals surface area contributed by atoms with Crippen LogP contribution in [0.1, 0.15) is 10.4 Å². The van der Waals surface area contributed by atoms with Gasteiger partial charge < -0.3 is 19.3 Å². The summed E-state index contributed by atoms with van der Waals surface area (Å²) in [6.07, 6.45) is 0.593. The molecule has 0 heterocycles. The van der Waals surface area contributed by atoms with Gasteiger partial charge in [-0.2, -0.15) is 0 Å². The van der Waals surface area contributed by atoms with Crippen LogP contribution >= 0.6 is 0 Å². The zero-order valence-corrected chi connectivity index (χ0v) is 12.5. The first-order valence-electron chi connectivity index (χ1n) is 6.78. The number of carbonyl (C=O) groups is 1. The first-order valence-corrected chi connectivity index (χ1v) is 6.78. The maximum absolute atomic E-state index is 11.1. The van der Waals surface area contributed by atoms with Crippen LogP contribution in [0.4, 0.5) is 0 Å². The van der Waals surface area contributed by atoms with Gasteiger partial charge in [0.2, 0.25) is 0 Å². The van der Waals surface area contributed by atoms with Crippen LogP contribution in [0, 0.1) is 0 Å². The molecule has 0 bridgehead atoms. The van der Waals surface area contributed by atoms with Gasteiger partial charge in [0.05, 0.1) is 19.3 Å². The summed E-state index contributed by atoms with van der Waals surface area (Å²) in [4.78, 5) is 11.1. The standard InChI is InChI=1S/C17H18O5/c1-20-7-8-22-15-6-4-3-5-14(15)12-9-13(11-18)17(19)16(10-12)21-2/h3-6,9-11,19H,7-8H2,1-2H3. The Labute approximate surface area is 129 Å². The lowest BCUT2D eigenvalue weighted by Gasteiger charge is -2.13. The Morgan fingerprint density at radius 2 is 1.86 bits per heavy atom. The van der Waals surface area contributed by atoms with Crippen LogP contribution in [0.15, 0.2) is 36.4 Å². The molecule has 0 atom stereocenters. The predicted molar refractivity (Wildman–Crippen MR) is 82.9 cm³/mol. The lowest BCUT2D eigenvalue weighted by Crippen LogP contribution is -2.05. The van der Waals surface area contributed by atoms with Crippen LogP contribution in [0.2, 0.25) is 0 Å². The summed E-state index contributed by atoms with van der Waals surface area (Å²) in [7, 11) is 3.05. The summed E-state index contributed by atoms with van der Waals surface area (Å²) in [6.45, 7) is 0.899. The third-order valence-electron chi connectivity index (χ3n) is 3.19. The van der Waals surface area contributed by atoms with E-state index in [9.17, 15) is 9.90 Å². The molecular formula is C17H18O5. The largest absolute Gasteiger partial charge is 0.504 e. The average Bonchev–Trinajstić information content (AvgIpc) is 2.56. The summed E-state index contributed by atoms with van der Waals surface area (Å²) in [5.41, 5.74) is 1.70. The van der Waals surface area contributed by atoms with Gasteiger partial charge in [0.25, 0.3) is 0 Å². The van der Waals surface area contributed by atoms with Gasteiger partial charge in [-0.05, 0) is 23.8 Å². The van der Waals surface area contributed by atoms with Crippen molar-refractivity contribution in [3.05, 3.63) is 42.0 Å². The van der Waals surface area contributed by atoms with Crippen molar-refractivity contribution in [3.8, 4) is 28.4 Å². The fraction of sp³-hybridized carbons (Fsp3) is 0.235. The van der Waals surface area contributed by atoms with Crippen LogP contribution in [0.5, 0.6) is 17.2 Å². The van der Waals surface area contributed by atoms with Gasteiger partial charge in [-0.25, -0.2) is 0 Å². The first-order chi connectivity index (χ1) is 10.7. The predicted octanol–water partition coefficient (Wildman–Crippen LogP) is 2.91. The number of phenolic OH excluding ortho intramolecular Hbond substituents is 1. The van der Waals surface area contributed by atoms with Crippen molar-refractivity contribution in [3.63, 3.8) is 0 Å². The Morgan fingerprint density at radius 1 is 1.09 bits per heavy atom. The highest BCUT2D eigenvalue weighted by Gasteiger charge is 2.13. The molecule has 0 unspecified atom stereocenters. The molecule has 0 radical (unpaired) electrons. The minimum atomic E-state index is -0.168. The van der Waals surface area contributed by atoms with Crippen molar-refractivity contribution >= 4 is 6.29 Å². The highest BCUT2D eigenvalue weighted by Crippen LogP contribution is 2.37. The van der Waals surface area contributed by atoms with Crippen molar-refractivity contribution in [1.29, 1.82) is 0 Å². The van der Waals surface area contributed by atoms with E-state index in [0.29, 0.717) is 25.2 Å². The minimum absolute atomic E-state index is 0.168. The lowest BCUT2D eigenvalue weighted by atomic mass is 10.0. The SMILES string of the molecule is COCCOc1ccccc1-c1cc(C=O)c(O)c(OC)c1.